The molecule has 0 radical (unpaired) electrons. The molecule has 4 rings (SSSR count). The van der Waals surface area contributed by atoms with E-state index < -0.39 is 5.79 Å². The van der Waals surface area contributed by atoms with E-state index in [2.05, 4.69) is 26.8 Å². The van der Waals surface area contributed by atoms with Crippen molar-refractivity contribution in [3.63, 3.8) is 0 Å². The maximum Gasteiger partial charge on any atom is 0.163 e. The molecule has 0 amide bonds. The molecule has 3 heteroatoms. The standard InChI is InChI=1S/C23H38O3/c1-20(2)25-14-19(26-20)21(3)11-12-23(5)16(13-21)8-9-17-18(23)7-6-10-22(17,4)15-24/h9,16,18-19,24H,6-8,10-15H2,1-5H3/t16-,18-,19-,21-,22-,23-/m0/s1. The van der Waals surface area contributed by atoms with E-state index in [1.54, 1.807) is 5.57 Å². The van der Waals surface area contributed by atoms with Gasteiger partial charge in [0.2, 0.25) is 0 Å². The van der Waals surface area contributed by atoms with Crippen molar-refractivity contribution < 1.29 is 14.6 Å². The van der Waals surface area contributed by atoms with Crippen LogP contribution in [0.5, 0.6) is 0 Å². The van der Waals surface area contributed by atoms with E-state index in [1.165, 1.54) is 38.5 Å². The number of aliphatic hydroxyl groups excluding tert-OH is 1. The van der Waals surface area contributed by atoms with E-state index in [4.69, 9.17) is 9.47 Å². The van der Waals surface area contributed by atoms with Gasteiger partial charge in [0.25, 0.3) is 0 Å². The molecule has 3 aliphatic carbocycles. The van der Waals surface area contributed by atoms with E-state index in [-0.39, 0.29) is 16.9 Å². The Bertz CT molecular complexity index is 596. The normalized spacial score (nSPS) is 50.7. The Morgan fingerprint density at radius 3 is 2.54 bits per heavy atom. The summed E-state index contributed by atoms with van der Waals surface area (Å²) in [5.41, 5.74) is 2.20. The number of fused-ring (bicyclic) bond motifs is 3. The SMILES string of the molecule is CC1(C)OC[C@@H]([C@@]2(C)CC[C@@]3(C)[C@@H](CC=C4[C@@H]3CCC[C@@]4(C)CO)C2)O1. The summed E-state index contributed by atoms with van der Waals surface area (Å²) < 4.78 is 12.2. The molecule has 1 aliphatic heterocycles. The van der Waals surface area contributed by atoms with Gasteiger partial charge in [-0.25, -0.2) is 0 Å². The number of hydrogen-bond donors (Lipinski definition) is 1. The van der Waals surface area contributed by atoms with E-state index in [0.29, 0.717) is 17.9 Å². The minimum Gasteiger partial charge on any atom is -0.395 e. The van der Waals surface area contributed by atoms with Gasteiger partial charge in [-0.1, -0.05) is 38.8 Å². The monoisotopic (exact) mass is 362 g/mol. The van der Waals surface area contributed by atoms with Crippen LogP contribution >= 0.6 is 0 Å². The molecule has 26 heavy (non-hydrogen) atoms. The van der Waals surface area contributed by atoms with Gasteiger partial charge in [0.1, 0.15) is 0 Å². The zero-order valence-electron chi connectivity index (χ0n) is 17.4. The van der Waals surface area contributed by atoms with Crippen LogP contribution in [-0.2, 0) is 9.47 Å². The van der Waals surface area contributed by atoms with Crippen LogP contribution < -0.4 is 0 Å². The van der Waals surface area contributed by atoms with Gasteiger partial charge in [-0.2, -0.15) is 0 Å². The second kappa shape index (κ2) is 6.06. The summed E-state index contributed by atoms with van der Waals surface area (Å²) >= 11 is 0. The zero-order valence-corrected chi connectivity index (χ0v) is 17.4. The van der Waals surface area contributed by atoms with Gasteiger partial charge < -0.3 is 14.6 Å². The minimum absolute atomic E-state index is 0.0179. The molecule has 4 aliphatic rings. The molecule has 0 bridgehead atoms. The largest absolute Gasteiger partial charge is 0.395 e. The fraction of sp³-hybridized carbons (Fsp3) is 0.913. The highest BCUT2D eigenvalue weighted by molar-refractivity contribution is 5.27. The van der Waals surface area contributed by atoms with E-state index in [1.807, 2.05) is 13.8 Å². The molecule has 0 spiro atoms. The smallest absolute Gasteiger partial charge is 0.163 e. The van der Waals surface area contributed by atoms with Gasteiger partial charge in [-0.15, -0.1) is 0 Å². The van der Waals surface area contributed by atoms with Crippen LogP contribution in [0.15, 0.2) is 11.6 Å². The summed E-state index contributed by atoms with van der Waals surface area (Å²) in [4.78, 5) is 0. The van der Waals surface area contributed by atoms with Crippen LogP contribution in [0, 0.1) is 28.1 Å². The third-order valence-corrected chi connectivity index (χ3v) is 8.73. The molecular formula is C23H38O3. The Morgan fingerprint density at radius 1 is 1.12 bits per heavy atom. The molecule has 0 unspecified atom stereocenters. The van der Waals surface area contributed by atoms with Crippen LogP contribution in [-0.4, -0.2) is 30.2 Å². The van der Waals surface area contributed by atoms with Crippen LogP contribution in [0.4, 0.5) is 0 Å². The first-order valence-corrected chi connectivity index (χ1v) is 10.8. The molecule has 1 heterocycles. The molecular weight excluding hydrogens is 324 g/mol. The predicted molar refractivity (Wildman–Crippen MR) is 104 cm³/mol. The lowest BCUT2D eigenvalue weighted by Crippen LogP contribution is -2.52. The lowest BCUT2D eigenvalue weighted by Gasteiger charge is -2.59. The maximum atomic E-state index is 10.1. The lowest BCUT2D eigenvalue weighted by atomic mass is 9.46. The lowest BCUT2D eigenvalue weighted by molar-refractivity contribution is -0.164. The zero-order chi connectivity index (χ0) is 18.8. The van der Waals surface area contributed by atoms with Gasteiger partial charge in [-0.3, -0.25) is 0 Å². The number of allylic oxidation sites excluding steroid dienone is 1. The topological polar surface area (TPSA) is 38.7 Å². The Hall–Kier alpha value is -0.380. The highest BCUT2D eigenvalue weighted by Crippen LogP contribution is 2.64. The number of hydrogen-bond acceptors (Lipinski definition) is 3. The third kappa shape index (κ3) is 2.81. The molecule has 2 saturated carbocycles. The molecule has 3 fully saturated rings. The van der Waals surface area contributed by atoms with Gasteiger partial charge in [-0.05, 0) is 75.0 Å². The van der Waals surface area contributed by atoms with Gasteiger partial charge in [0.05, 0.1) is 19.3 Å². The van der Waals surface area contributed by atoms with Gasteiger partial charge in [0.15, 0.2) is 5.79 Å². The first-order valence-electron chi connectivity index (χ1n) is 10.8. The van der Waals surface area contributed by atoms with Crippen molar-refractivity contribution in [3.8, 4) is 0 Å². The number of aliphatic hydroxyl groups is 1. The molecule has 1 N–H and O–H groups in total. The highest BCUT2D eigenvalue weighted by Gasteiger charge is 2.56. The van der Waals surface area contributed by atoms with Crippen molar-refractivity contribution >= 4 is 0 Å². The van der Waals surface area contributed by atoms with Crippen molar-refractivity contribution in [1.82, 2.24) is 0 Å². The summed E-state index contributed by atoms with van der Waals surface area (Å²) in [5.74, 6) is 0.956. The fourth-order valence-electron chi connectivity index (χ4n) is 6.72. The summed E-state index contributed by atoms with van der Waals surface area (Å²) in [6.45, 7) is 12.4. The fourth-order valence-corrected chi connectivity index (χ4v) is 6.72. The first-order chi connectivity index (χ1) is 12.1. The van der Waals surface area contributed by atoms with Crippen LogP contribution in [0.2, 0.25) is 0 Å². The Labute approximate surface area is 159 Å². The second-order valence-corrected chi connectivity index (χ2v) is 10.9. The van der Waals surface area contributed by atoms with Crippen LogP contribution in [0.3, 0.4) is 0 Å². The van der Waals surface area contributed by atoms with E-state index in [0.717, 1.165) is 18.9 Å². The van der Waals surface area contributed by atoms with E-state index in [9.17, 15) is 5.11 Å². The average molecular weight is 363 g/mol. The van der Waals surface area contributed by atoms with Crippen molar-refractivity contribution in [2.24, 2.45) is 28.1 Å². The molecule has 1 saturated heterocycles. The van der Waals surface area contributed by atoms with Gasteiger partial charge in [0, 0.05) is 5.41 Å². The Morgan fingerprint density at radius 2 is 1.88 bits per heavy atom. The maximum absolute atomic E-state index is 10.1. The third-order valence-electron chi connectivity index (χ3n) is 8.73. The summed E-state index contributed by atoms with van der Waals surface area (Å²) in [7, 11) is 0. The number of ether oxygens (including phenoxy) is 2. The quantitative estimate of drug-likeness (QED) is 0.696. The molecule has 148 valence electrons. The van der Waals surface area contributed by atoms with Crippen LogP contribution in [0.25, 0.3) is 0 Å². The second-order valence-electron chi connectivity index (χ2n) is 10.9. The van der Waals surface area contributed by atoms with Gasteiger partial charge >= 0.3 is 0 Å². The molecule has 0 aromatic heterocycles. The molecule has 0 aromatic rings. The molecule has 6 atom stereocenters. The average Bonchev–Trinajstić information content (AvgIpc) is 2.97. The van der Waals surface area contributed by atoms with Crippen molar-refractivity contribution in [2.75, 3.05) is 13.2 Å². The Balaban J connectivity index is 1.58. The predicted octanol–water partition coefficient (Wildman–Crippen LogP) is 5.08. The van der Waals surface area contributed by atoms with Crippen molar-refractivity contribution in [1.29, 1.82) is 0 Å². The molecule has 0 aromatic carbocycles. The van der Waals surface area contributed by atoms with Crippen LogP contribution in [0.1, 0.15) is 79.6 Å². The van der Waals surface area contributed by atoms with Crippen molar-refractivity contribution in [3.05, 3.63) is 11.6 Å². The van der Waals surface area contributed by atoms with E-state index >= 15 is 0 Å². The first kappa shape index (κ1) is 19.0. The number of rotatable bonds is 2. The summed E-state index contributed by atoms with van der Waals surface area (Å²) in [6.07, 6.45) is 11.4. The summed E-state index contributed by atoms with van der Waals surface area (Å²) in [6, 6.07) is 0. The Kier molecular flexibility index (Phi) is 4.42. The summed E-state index contributed by atoms with van der Waals surface area (Å²) in [5, 5.41) is 10.1. The minimum atomic E-state index is -0.430. The highest BCUT2D eigenvalue weighted by atomic mass is 16.7. The van der Waals surface area contributed by atoms with Crippen molar-refractivity contribution in [2.45, 2.75) is 91.5 Å². The molecule has 3 nitrogen and oxygen atoms in total.